The molecule has 0 spiro atoms. The number of aliphatic hydroxyl groups is 1. The molecule has 224 valence electrons. The lowest BCUT2D eigenvalue weighted by atomic mass is 9.45. The Morgan fingerprint density at radius 3 is 2.58 bits per heavy atom. The lowest BCUT2D eigenvalue weighted by Gasteiger charge is -2.61. The number of ether oxygens (including phenoxy) is 1. The number of rotatable bonds is 4. The number of aromatic nitrogens is 2. The van der Waals surface area contributed by atoms with E-state index in [0.29, 0.717) is 11.3 Å². The Kier molecular flexibility index (Phi) is 5.80. The molecule has 1 aromatic carbocycles. The third-order valence-electron chi connectivity index (χ3n) is 11.0. The van der Waals surface area contributed by atoms with Crippen LogP contribution in [0, 0.1) is 28.6 Å². The number of allylic oxidation sites excluding steroid dienone is 3. The Morgan fingerprint density at radius 1 is 1.16 bits per heavy atom. The quantitative estimate of drug-likeness (QED) is 0.374. The average Bonchev–Trinajstić information content (AvgIpc) is 3.69. The summed E-state index contributed by atoms with van der Waals surface area (Å²) in [7, 11) is 0. The molecule has 8 atom stereocenters. The molecule has 0 saturated heterocycles. The van der Waals surface area contributed by atoms with Crippen molar-refractivity contribution in [3.8, 4) is 5.69 Å². The Bertz CT molecular complexity index is 1700. The predicted octanol–water partition coefficient (Wildman–Crippen LogP) is 5.71. The van der Waals surface area contributed by atoms with Crippen molar-refractivity contribution < 1.29 is 37.7 Å². The van der Waals surface area contributed by atoms with Gasteiger partial charge in [-0.05, 0) is 72.7 Å². The van der Waals surface area contributed by atoms with Crippen LogP contribution in [0.25, 0.3) is 11.8 Å². The number of carboxylic acids is 1. The summed E-state index contributed by atoms with van der Waals surface area (Å²) < 4.78 is 46.9. The number of para-hydroxylation sites is 1. The highest BCUT2D eigenvalue weighted by Gasteiger charge is 2.78. The van der Waals surface area contributed by atoms with E-state index in [-0.39, 0.29) is 30.6 Å². The molecule has 2 fully saturated rings. The number of aliphatic hydroxyl groups excluding tert-OH is 1. The molecule has 2 N–H and O–H groups in total. The highest BCUT2D eigenvalue weighted by molar-refractivity contribution is 5.91. The number of benzene rings is 1. The molecule has 4 aliphatic carbocycles. The van der Waals surface area contributed by atoms with Gasteiger partial charge in [0, 0.05) is 22.7 Å². The van der Waals surface area contributed by atoms with Gasteiger partial charge in [-0.15, -0.1) is 0 Å². The van der Waals surface area contributed by atoms with Crippen molar-refractivity contribution in [3.05, 3.63) is 89.4 Å². The first-order chi connectivity index (χ1) is 20.4. The molecule has 8 nitrogen and oxygen atoms in total. The molecule has 0 radical (unpaired) electrons. The Balaban J connectivity index is 1.34. The minimum atomic E-state index is -2.34. The zero-order valence-corrected chi connectivity index (χ0v) is 24.0. The number of esters is 1. The molecule has 2 unspecified atom stereocenters. The van der Waals surface area contributed by atoms with Gasteiger partial charge in [-0.25, -0.2) is 23.1 Å². The topological polar surface area (TPSA) is 115 Å². The van der Waals surface area contributed by atoms with Gasteiger partial charge in [-0.1, -0.05) is 39.0 Å². The predicted molar refractivity (Wildman–Crippen MR) is 150 cm³/mol. The molecule has 0 aliphatic heterocycles. The number of fused-ring (bicyclic) bond motifs is 6. The number of carbonyl (C=O) groups excluding carboxylic acids is 1. The summed E-state index contributed by atoms with van der Waals surface area (Å²) in [5, 5.41) is 26.9. The Hall–Kier alpha value is -4.05. The first-order valence-corrected chi connectivity index (χ1v) is 14.5. The Labute approximate surface area is 246 Å². The van der Waals surface area contributed by atoms with Gasteiger partial charge in [0.05, 0.1) is 29.9 Å². The van der Waals surface area contributed by atoms with Gasteiger partial charge in [-0.3, -0.25) is 0 Å². The fourth-order valence-electron chi connectivity index (χ4n) is 8.99. The van der Waals surface area contributed by atoms with E-state index in [2.05, 4.69) is 5.10 Å². The third-order valence-corrected chi connectivity index (χ3v) is 11.0. The van der Waals surface area contributed by atoms with Gasteiger partial charge < -0.3 is 19.4 Å². The second-order valence-corrected chi connectivity index (χ2v) is 13.0. The lowest BCUT2D eigenvalue weighted by molar-refractivity contribution is -0.219. The summed E-state index contributed by atoms with van der Waals surface area (Å²) in [6.45, 7) is 4.88. The van der Waals surface area contributed by atoms with E-state index in [9.17, 15) is 19.8 Å². The number of hydrogen-bond donors (Lipinski definition) is 2. The van der Waals surface area contributed by atoms with E-state index in [4.69, 9.17) is 9.15 Å². The molecule has 0 bridgehead atoms. The first kappa shape index (κ1) is 27.8. The van der Waals surface area contributed by atoms with Crippen LogP contribution in [0.3, 0.4) is 0 Å². The van der Waals surface area contributed by atoms with Crippen molar-refractivity contribution in [3.63, 3.8) is 0 Å². The number of carboxylic acid groups (broad SMARTS) is 1. The van der Waals surface area contributed by atoms with E-state index >= 15 is 8.78 Å². The van der Waals surface area contributed by atoms with Gasteiger partial charge in [0.1, 0.15) is 5.83 Å². The minimum absolute atomic E-state index is 0.0862. The number of carbonyl (C=O) groups is 2. The summed E-state index contributed by atoms with van der Waals surface area (Å²) in [6, 6.07) is 12.2. The molecule has 43 heavy (non-hydrogen) atoms. The van der Waals surface area contributed by atoms with Crippen molar-refractivity contribution in [1.82, 2.24) is 9.78 Å². The number of furan rings is 1. The van der Waals surface area contributed by atoms with Crippen LogP contribution < -0.4 is 0 Å². The average molecular weight is 591 g/mol. The zero-order chi connectivity index (χ0) is 30.5. The fourth-order valence-corrected chi connectivity index (χ4v) is 8.99. The van der Waals surface area contributed by atoms with Gasteiger partial charge in [0.15, 0.2) is 5.67 Å². The van der Waals surface area contributed by atoms with E-state index < -0.39 is 63.7 Å². The highest BCUT2D eigenvalue weighted by Crippen LogP contribution is 2.71. The van der Waals surface area contributed by atoms with Crippen molar-refractivity contribution in [1.29, 1.82) is 0 Å². The van der Waals surface area contributed by atoms with Crippen molar-refractivity contribution >= 4 is 18.0 Å². The second-order valence-electron chi connectivity index (χ2n) is 13.0. The fraction of sp³-hybridized carbons (Fsp3) is 0.424. The summed E-state index contributed by atoms with van der Waals surface area (Å²) in [5.41, 5.74) is -5.08. The van der Waals surface area contributed by atoms with E-state index in [0.717, 1.165) is 5.69 Å². The maximum atomic E-state index is 18.0. The zero-order valence-electron chi connectivity index (χ0n) is 24.0. The standard InChI is InChI=1S/C33H32F2N2O6/c1-18-12-21-22-13-24(34)23-14-25-19(17-36-37(25)20-8-5-4-6-9-20)15-30(23,2)32(22,35)27(38)16-31(21,3)33(18,29(40)41)43-28(39)26-10-7-11-42-26/h4-11,13-14,17-18,21-22,27,38H,12,15-16H2,1-3H3,(H,40,41)/t18-,21?,22?,27+,30+,31+,32+,33+/m1/s1. The van der Waals surface area contributed by atoms with Crippen LogP contribution in [0.15, 0.2) is 76.8 Å². The molecule has 7 rings (SSSR count). The molecular formula is C33H32F2N2O6. The number of nitrogens with zero attached hydrogens (tertiary/aromatic N) is 2. The second kappa shape index (κ2) is 8.98. The summed E-state index contributed by atoms with van der Waals surface area (Å²) in [6.07, 6.45) is 4.00. The highest BCUT2D eigenvalue weighted by atomic mass is 19.1. The molecule has 2 heterocycles. The van der Waals surface area contributed by atoms with Crippen LogP contribution in [0.1, 0.15) is 55.4 Å². The molecule has 2 aromatic heterocycles. The van der Waals surface area contributed by atoms with Crippen LogP contribution in [-0.2, 0) is 16.0 Å². The van der Waals surface area contributed by atoms with Crippen molar-refractivity contribution in [2.45, 2.75) is 57.4 Å². The SMILES string of the molecule is C[C@@H]1CC2C3C=C(F)C4=Cc5c(cnn5-c5ccccc5)C[C@]4(C)[C@@]3(F)[C@@H](O)C[C@]2(C)[C@@]1(OC(=O)c1ccco1)C(=O)O. The monoisotopic (exact) mass is 590 g/mol. The Morgan fingerprint density at radius 2 is 1.91 bits per heavy atom. The van der Waals surface area contributed by atoms with Crippen LogP contribution in [0.5, 0.6) is 0 Å². The number of alkyl halides is 1. The third kappa shape index (κ3) is 3.35. The number of aliphatic carboxylic acids is 1. The maximum absolute atomic E-state index is 18.0. The van der Waals surface area contributed by atoms with E-state index in [1.54, 1.807) is 37.7 Å². The van der Waals surface area contributed by atoms with Gasteiger partial charge in [0.25, 0.3) is 0 Å². The van der Waals surface area contributed by atoms with Crippen LogP contribution >= 0.6 is 0 Å². The van der Waals surface area contributed by atoms with Gasteiger partial charge in [-0.2, -0.15) is 5.10 Å². The van der Waals surface area contributed by atoms with Crippen LogP contribution in [0.4, 0.5) is 8.78 Å². The van der Waals surface area contributed by atoms with E-state index in [1.165, 1.54) is 24.5 Å². The van der Waals surface area contributed by atoms with Crippen LogP contribution in [0.2, 0.25) is 0 Å². The first-order valence-electron chi connectivity index (χ1n) is 14.5. The normalized spacial score (nSPS) is 37.7. The molecule has 4 aliphatic rings. The van der Waals surface area contributed by atoms with Crippen molar-refractivity contribution in [2.75, 3.05) is 0 Å². The maximum Gasteiger partial charge on any atom is 0.375 e. The van der Waals surface area contributed by atoms with Gasteiger partial charge in [0.2, 0.25) is 11.4 Å². The van der Waals surface area contributed by atoms with E-state index in [1.807, 2.05) is 30.3 Å². The molecular weight excluding hydrogens is 558 g/mol. The molecule has 10 heteroatoms. The number of hydrogen-bond acceptors (Lipinski definition) is 6. The molecule has 3 aromatic rings. The lowest BCUT2D eigenvalue weighted by Crippen LogP contribution is -2.70. The summed E-state index contributed by atoms with van der Waals surface area (Å²) >= 11 is 0. The van der Waals surface area contributed by atoms with Crippen LogP contribution in [-0.4, -0.2) is 49.3 Å². The number of halogens is 2. The van der Waals surface area contributed by atoms with Crippen molar-refractivity contribution in [2.24, 2.45) is 28.6 Å². The summed E-state index contributed by atoms with van der Waals surface area (Å²) in [5.74, 6) is -5.85. The molecule has 0 amide bonds. The largest absolute Gasteiger partial charge is 0.478 e. The van der Waals surface area contributed by atoms with Gasteiger partial charge >= 0.3 is 11.9 Å². The minimum Gasteiger partial charge on any atom is -0.478 e. The molecule has 2 saturated carbocycles. The smallest absolute Gasteiger partial charge is 0.375 e. The summed E-state index contributed by atoms with van der Waals surface area (Å²) in [4.78, 5) is 26.1.